The normalized spacial score (nSPS) is 15.7. The molecule has 32 heavy (non-hydrogen) atoms. The Morgan fingerprint density at radius 1 is 1.09 bits per heavy atom. The van der Waals surface area contributed by atoms with Gasteiger partial charge in [-0.2, -0.15) is 0 Å². The molecular formula is C19H33N7O6. The average Bonchev–Trinajstić information content (AvgIpc) is 3.23. The van der Waals surface area contributed by atoms with Crippen molar-refractivity contribution in [1.29, 1.82) is 0 Å². The number of H-pyrrole nitrogens is 1. The first kappa shape index (κ1) is 27.0. The number of amides is 3. The van der Waals surface area contributed by atoms with Gasteiger partial charge in [0.15, 0.2) is 0 Å². The Morgan fingerprint density at radius 3 is 2.31 bits per heavy atom. The van der Waals surface area contributed by atoms with Crippen LogP contribution in [0.1, 0.15) is 38.8 Å². The summed E-state index contributed by atoms with van der Waals surface area (Å²) < 4.78 is 0. The molecule has 0 saturated carbocycles. The lowest BCUT2D eigenvalue weighted by molar-refractivity contribution is -0.142. The van der Waals surface area contributed by atoms with E-state index in [-0.39, 0.29) is 12.8 Å². The molecule has 1 aromatic heterocycles. The van der Waals surface area contributed by atoms with Crippen LogP contribution in [-0.4, -0.2) is 80.7 Å². The minimum Gasteiger partial charge on any atom is -0.480 e. The monoisotopic (exact) mass is 455 g/mol. The Hall–Kier alpha value is -3.03. The molecule has 5 unspecified atom stereocenters. The molecule has 1 rings (SSSR count). The molecule has 180 valence electrons. The van der Waals surface area contributed by atoms with Crippen LogP contribution in [0.3, 0.4) is 0 Å². The van der Waals surface area contributed by atoms with Crippen LogP contribution < -0.4 is 27.4 Å². The number of carboxylic acid groups (broad SMARTS) is 1. The maximum Gasteiger partial charge on any atom is 0.325 e. The molecule has 1 aromatic rings. The van der Waals surface area contributed by atoms with Crippen LogP contribution in [0.15, 0.2) is 12.5 Å². The van der Waals surface area contributed by atoms with Gasteiger partial charge in [-0.15, -0.1) is 0 Å². The van der Waals surface area contributed by atoms with Gasteiger partial charge in [0, 0.05) is 18.3 Å². The number of aliphatic carboxylic acids is 1. The zero-order chi connectivity index (χ0) is 24.3. The summed E-state index contributed by atoms with van der Waals surface area (Å²) in [6.07, 6.45) is 3.20. The Kier molecular flexibility index (Phi) is 11.3. The molecule has 0 aliphatic heterocycles. The lowest BCUT2D eigenvalue weighted by Crippen LogP contribution is -2.59. The number of aromatic nitrogens is 2. The lowest BCUT2D eigenvalue weighted by atomic mass is 10.1. The van der Waals surface area contributed by atoms with Gasteiger partial charge in [-0.25, -0.2) is 4.98 Å². The first-order chi connectivity index (χ1) is 15.1. The number of carbonyl (C=O) groups excluding carboxylic acids is 3. The van der Waals surface area contributed by atoms with Crippen molar-refractivity contribution >= 4 is 23.7 Å². The van der Waals surface area contributed by atoms with E-state index in [0.717, 1.165) is 0 Å². The van der Waals surface area contributed by atoms with Gasteiger partial charge in [0.25, 0.3) is 0 Å². The molecule has 10 N–H and O–H groups in total. The summed E-state index contributed by atoms with van der Waals surface area (Å²) in [4.78, 5) is 55.3. The second-order valence-electron chi connectivity index (χ2n) is 7.53. The molecule has 0 aliphatic rings. The Labute approximate surface area is 185 Å². The van der Waals surface area contributed by atoms with Gasteiger partial charge < -0.3 is 42.6 Å². The zero-order valence-corrected chi connectivity index (χ0v) is 18.2. The molecule has 0 aliphatic carbocycles. The summed E-state index contributed by atoms with van der Waals surface area (Å²) in [5.74, 6) is -3.43. The van der Waals surface area contributed by atoms with E-state index >= 15 is 0 Å². The smallest absolute Gasteiger partial charge is 0.325 e. The van der Waals surface area contributed by atoms with E-state index in [1.807, 2.05) is 0 Å². The van der Waals surface area contributed by atoms with Gasteiger partial charge in [0.1, 0.15) is 18.1 Å². The quantitative estimate of drug-likeness (QED) is 0.137. The third-order valence-corrected chi connectivity index (χ3v) is 4.70. The maximum atomic E-state index is 12.8. The number of aliphatic hydroxyl groups is 1. The fraction of sp³-hybridized carbons (Fsp3) is 0.632. The number of nitrogens with zero attached hydrogens (tertiary/aromatic N) is 1. The van der Waals surface area contributed by atoms with E-state index in [1.165, 1.54) is 26.4 Å². The molecule has 3 amide bonds. The molecule has 1 heterocycles. The van der Waals surface area contributed by atoms with Crippen LogP contribution in [0.25, 0.3) is 0 Å². The fourth-order valence-corrected chi connectivity index (χ4v) is 2.79. The van der Waals surface area contributed by atoms with Gasteiger partial charge in [-0.05, 0) is 39.7 Å². The Balaban J connectivity index is 2.85. The summed E-state index contributed by atoms with van der Waals surface area (Å²) in [7, 11) is 0. The second-order valence-corrected chi connectivity index (χ2v) is 7.53. The highest BCUT2D eigenvalue weighted by Crippen LogP contribution is 2.05. The molecule has 13 nitrogen and oxygen atoms in total. The van der Waals surface area contributed by atoms with E-state index in [1.54, 1.807) is 0 Å². The van der Waals surface area contributed by atoms with Crippen molar-refractivity contribution in [3.05, 3.63) is 18.2 Å². The number of aliphatic hydroxyl groups excluding tert-OH is 1. The Morgan fingerprint density at radius 2 is 1.78 bits per heavy atom. The lowest BCUT2D eigenvalue weighted by Gasteiger charge is -2.26. The largest absolute Gasteiger partial charge is 0.480 e. The van der Waals surface area contributed by atoms with E-state index in [4.69, 9.17) is 16.6 Å². The zero-order valence-electron chi connectivity index (χ0n) is 18.2. The number of nitrogens with two attached hydrogens (primary N) is 2. The number of imidazole rings is 1. The summed E-state index contributed by atoms with van der Waals surface area (Å²) >= 11 is 0. The number of hydrogen-bond acceptors (Lipinski definition) is 8. The van der Waals surface area contributed by atoms with Crippen molar-refractivity contribution in [2.45, 2.75) is 69.8 Å². The number of carboxylic acids is 1. The summed E-state index contributed by atoms with van der Waals surface area (Å²) in [5, 5.41) is 26.0. The van der Waals surface area contributed by atoms with Gasteiger partial charge in [0.2, 0.25) is 17.7 Å². The van der Waals surface area contributed by atoms with Gasteiger partial charge in [-0.3, -0.25) is 19.2 Å². The van der Waals surface area contributed by atoms with Crippen LogP contribution in [-0.2, 0) is 25.6 Å². The number of nitrogens with one attached hydrogen (secondary N) is 4. The molecule has 0 fully saturated rings. The standard InChI is InChI=1S/C19H33N7O6/c1-10(19(31)32)24-18(30)15(11(2)27)26-17(29)14(5-3-4-6-20)25-16(28)13(21)7-12-8-22-9-23-12/h8-11,13-15,27H,3-7,20-21H2,1-2H3,(H,22,23)(H,24,30)(H,25,28)(H,26,29)(H,31,32). The van der Waals surface area contributed by atoms with Crippen LogP contribution in [0.5, 0.6) is 0 Å². The second kappa shape index (κ2) is 13.4. The minimum absolute atomic E-state index is 0.175. The van der Waals surface area contributed by atoms with E-state index in [2.05, 4.69) is 25.9 Å². The first-order valence-electron chi connectivity index (χ1n) is 10.3. The van der Waals surface area contributed by atoms with Crippen molar-refractivity contribution in [3.8, 4) is 0 Å². The molecule has 0 radical (unpaired) electrons. The molecule has 0 aromatic carbocycles. The number of hydrogen-bond donors (Lipinski definition) is 8. The SMILES string of the molecule is CC(NC(=O)C(NC(=O)C(CCCCN)NC(=O)C(N)Cc1cnc[nH]1)C(C)O)C(=O)O. The number of aromatic amines is 1. The van der Waals surface area contributed by atoms with Crippen molar-refractivity contribution in [3.63, 3.8) is 0 Å². The van der Waals surface area contributed by atoms with Gasteiger partial charge in [-0.1, -0.05) is 0 Å². The van der Waals surface area contributed by atoms with E-state index in [0.29, 0.717) is 25.1 Å². The van der Waals surface area contributed by atoms with Crippen molar-refractivity contribution in [2.75, 3.05) is 6.54 Å². The van der Waals surface area contributed by atoms with Crippen molar-refractivity contribution < 1.29 is 29.4 Å². The summed E-state index contributed by atoms with van der Waals surface area (Å²) in [6, 6.07) is -4.63. The average molecular weight is 456 g/mol. The summed E-state index contributed by atoms with van der Waals surface area (Å²) in [5.41, 5.74) is 12.1. The molecule has 13 heteroatoms. The Bertz CT molecular complexity index is 755. The fourth-order valence-electron chi connectivity index (χ4n) is 2.79. The molecule has 5 atom stereocenters. The highest BCUT2D eigenvalue weighted by Gasteiger charge is 2.31. The number of rotatable bonds is 14. The number of carbonyl (C=O) groups is 4. The maximum absolute atomic E-state index is 12.8. The highest BCUT2D eigenvalue weighted by molar-refractivity contribution is 5.94. The predicted molar refractivity (Wildman–Crippen MR) is 114 cm³/mol. The highest BCUT2D eigenvalue weighted by atomic mass is 16.4. The van der Waals surface area contributed by atoms with Crippen molar-refractivity contribution in [2.24, 2.45) is 11.5 Å². The first-order valence-corrected chi connectivity index (χ1v) is 10.3. The van der Waals surface area contributed by atoms with Gasteiger partial charge in [0.05, 0.1) is 18.5 Å². The number of unbranched alkanes of at least 4 members (excludes halogenated alkanes) is 1. The third-order valence-electron chi connectivity index (χ3n) is 4.70. The van der Waals surface area contributed by atoms with Crippen LogP contribution in [0.4, 0.5) is 0 Å². The topological polar surface area (TPSA) is 226 Å². The predicted octanol–water partition coefficient (Wildman–Crippen LogP) is -2.65. The van der Waals surface area contributed by atoms with E-state index < -0.39 is 54.0 Å². The minimum atomic E-state index is -1.42. The van der Waals surface area contributed by atoms with Crippen LogP contribution >= 0.6 is 0 Å². The van der Waals surface area contributed by atoms with Gasteiger partial charge >= 0.3 is 5.97 Å². The molecule has 0 spiro atoms. The van der Waals surface area contributed by atoms with Crippen LogP contribution in [0, 0.1) is 0 Å². The summed E-state index contributed by atoms with van der Waals surface area (Å²) in [6.45, 7) is 2.92. The van der Waals surface area contributed by atoms with Crippen molar-refractivity contribution in [1.82, 2.24) is 25.9 Å². The third kappa shape index (κ3) is 8.99. The molecule has 0 bridgehead atoms. The molecular weight excluding hydrogens is 422 g/mol. The van der Waals surface area contributed by atoms with Crippen LogP contribution in [0.2, 0.25) is 0 Å². The van der Waals surface area contributed by atoms with E-state index in [9.17, 15) is 24.3 Å². The molecule has 0 saturated heterocycles.